The van der Waals surface area contributed by atoms with Crippen molar-refractivity contribution in [2.24, 2.45) is 0 Å². The average molecular weight is 369 g/mol. The number of pyridine rings is 1. The number of hydrogen-bond donors (Lipinski definition) is 0. The number of nitrogens with zero attached hydrogens (tertiary/aromatic N) is 6. The first kappa shape index (κ1) is 19.7. The number of aryl methyl sites for hydroxylation is 1. The fraction of sp³-hybridized carbons (Fsp3) is 0.571. The molecule has 0 saturated carbocycles. The molecule has 4 heterocycles. The molecule has 1 atom stereocenters. The second-order valence-electron chi connectivity index (χ2n) is 7.43. The quantitative estimate of drug-likeness (QED) is 0.830. The maximum Gasteiger partial charge on any atom is 0.132 e. The van der Waals surface area contributed by atoms with E-state index in [1.807, 2.05) is 31.5 Å². The lowest BCUT2D eigenvalue weighted by atomic mass is 10.2. The Balaban J connectivity index is 0.000000156. The Morgan fingerprint density at radius 2 is 1.63 bits per heavy atom. The summed E-state index contributed by atoms with van der Waals surface area (Å²) >= 11 is 0. The second kappa shape index (κ2) is 9.76. The Morgan fingerprint density at radius 1 is 0.889 bits per heavy atom. The number of piperazine rings is 1. The predicted molar refractivity (Wildman–Crippen MR) is 110 cm³/mol. The molecule has 0 N–H and O–H groups in total. The van der Waals surface area contributed by atoms with Gasteiger partial charge in [-0.3, -0.25) is 9.88 Å². The molecule has 2 saturated heterocycles. The molecular weight excluding hydrogens is 336 g/mol. The van der Waals surface area contributed by atoms with Crippen LogP contribution in [-0.2, 0) is 0 Å². The molecule has 4 rings (SSSR count). The standard InChI is InChI=1S/C11H16N2.C10H16N4/c1-10(13-8-4-5-9-13)11-6-2-3-7-12-11;1-9-11-4-3-10(12-9)14-7-5-13(2)6-8-14/h2-3,6-7,10H,4-5,8-9H2,1H3;3-4H,5-8H2,1-2H3. The largest absolute Gasteiger partial charge is 0.354 e. The van der Waals surface area contributed by atoms with E-state index in [1.165, 1.54) is 31.6 Å². The van der Waals surface area contributed by atoms with Gasteiger partial charge in [-0.25, -0.2) is 9.97 Å². The molecule has 1 unspecified atom stereocenters. The van der Waals surface area contributed by atoms with Crippen molar-refractivity contribution in [1.29, 1.82) is 0 Å². The van der Waals surface area contributed by atoms with E-state index < -0.39 is 0 Å². The van der Waals surface area contributed by atoms with Gasteiger partial charge in [0.2, 0.25) is 0 Å². The van der Waals surface area contributed by atoms with Gasteiger partial charge < -0.3 is 9.80 Å². The van der Waals surface area contributed by atoms with Gasteiger partial charge >= 0.3 is 0 Å². The molecule has 2 aliphatic rings. The van der Waals surface area contributed by atoms with Crippen molar-refractivity contribution < 1.29 is 0 Å². The Morgan fingerprint density at radius 3 is 2.26 bits per heavy atom. The van der Waals surface area contributed by atoms with E-state index in [-0.39, 0.29) is 0 Å². The zero-order valence-corrected chi connectivity index (χ0v) is 16.9. The van der Waals surface area contributed by atoms with Crippen LogP contribution in [0, 0.1) is 6.92 Å². The van der Waals surface area contributed by atoms with E-state index in [4.69, 9.17) is 0 Å². The van der Waals surface area contributed by atoms with Gasteiger partial charge in [0.25, 0.3) is 0 Å². The van der Waals surface area contributed by atoms with Crippen LogP contribution in [0.3, 0.4) is 0 Å². The number of likely N-dealkylation sites (N-methyl/N-ethyl adjacent to an activating group) is 1. The molecule has 0 spiro atoms. The van der Waals surface area contributed by atoms with Crippen LogP contribution >= 0.6 is 0 Å². The fourth-order valence-corrected chi connectivity index (χ4v) is 3.59. The lowest BCUT2D eigenvalue weighted by Crippen LogP contribution is -2.44. The molecule has 2 fully saturated rings. The summed E-state index contributed by atoms with van der Waals surface area (Å²) in [5.74, 6) is 1.91. The number of hydrogen-bond acceptors (Lipinski definition) is 6. The van der Waals surface area contributed by atoms with Crippen LogP contribution in [-0.4, -0.2) is 71.1 Å². The summed E-state index contributed by atoms with van der Waals surface area (Å²) < 4.78 is 0. The molecule has 0 bridgehead atoms. The first-order valence-corrected chi connectivity index (χ1v) is 10.0. The topological polar surface area (TPSA) is 48.4 Å². The Hall–Kier alpha value is -2.05. The normalized spacial score (nSPS) is 19.4. The summed E-state index contributed by atoms with van der Waals surface area (Å²) in [6.45, 7) is 11.0. The Labute approximate surface area is 163 Å². The highest BCUT2D eigenvalue weighted by atomic mass is 15.3. The van der Waals surface area contributed by atoms with Crippen LogP contribution in [0.5, 0.6) is 0 Å². The van der Waals surface area contributed by atoms with Crippen LogP contribution < -0.4 is 4.90 Å². The summed E-state index contributed by atoms with van der Waals surface area (Å²) in [5.41, 5.74) is 1.20. The molecule has 6 heteroatoms. The minimum absolute atomic E-state index is 0.490. The van der Waals surface area contributed by atoms with E-state index in [0.717, 1.165) is 37.8 Å². The minimum atomic E-state index is 0.490. The van der Waals surface area contributed by atoms with E-state index in [0.29, 0.717) is 6.04 Å². The maximum absolute atomic E-state index is 4.42. The van der Waals surface area contributed by atoms with E-state index in [9.17, 15) is 0 Å². The first-order chi connectivity index (χ1) is 13.1. The van der Waals surface area contributed by atoms with Crippen molar-refractivity contribution in [2.45, 2.75) is 32.7 Å². The molecule has 2 aliphatic heterocycles. The SMILES string of the molecule is CC(c1ccccn1)N1CCCC1.Cc1nccc(N2CCN(C)CC2)n1. The number of rotatable bonds is 3. The monoisotopic (exact) mass is 368 g/mol. The third-order valence-electron chi connectivity index (χ3n) is 5.39. The summed E-state index contributed by atoms with van der Waals surface area (Å²) in [5, 5.41) is 0. The lowest BCUT2D eigenvalue weighted by molar-refractivity contribution is 0.258. The zero-order valence-electron chi connectivity index (χ0n) is 16.9. The van der Waals surface area contributed by atoms with Crippen LogP contribution in [0.2, 0.25) is 0 Å². The summed E-state index contributed by atoms with van der Waals surface area (Å²) in [4.78, 5) is 20.1. The predicted octanol–water partition coefficient (Wildman–Crippen LogP) is 2.78. The van der Waals surface area contributed by atoms with Crippen LogP contribution in [0.15, 0.2) is 36.7 Å². The Bertz CT molecular complexity index is 678. The van der Waals surface area contributed by atoms with E-state index in [2.05, 4.69) is 55.8 Å². The first-order valence-electron chi connectivity index (χ1n) is 10.0. The van der Waals surface area contributed by atoms with Gasteiger partial charge in [0.15, 0.2) is 0 Å². The number of likely N-dealkylation sites (tertiary alicyclic amines) is 1. The lowest BCUT2D eigenvalue weighted by Gasteiger charge is -2.33. The molecule has 0 aliphatic carbocycles. The Kier molecular flexibility index (Phi) is 7.12. The fourth-order valence-electron chi connectivity index (χ4n) is 3.59. The number of aromatic nitrogens is 3. The average Bonchev–Trinajstić information content (AvgIpc) is 3.24. The van der Waals surface area contributed by atoms with Gasteiger partial charge in [-0.05, 0) is 65.0 Å². The van der Waals surface area contributed by atoms with Crippen LogP contribution in [0.25, 0.3) is 0 Å². The van der Waals surface area contributed by atoms with Crippen molar-refractivity contribution in [3.8, 4) is 0 Å². The third kappa shape index (κ3) is 5.71. The third-order valence-corrected chi connectivity index (χ3v) is 5.39. The summed E-state index contributed by atoms with van der Waals surface area (Å²) in [6, 6.07) is 8.62. The highest BCUT2D eigenvalue weighted by molar-refractivity contribution is 5.37. The number of anilines is 1. The van der Waals surface area contributed by atoms with Crippen molar-refractivity contribution in [3.63, 3.8) is 0 Å². The smallest absolute Gasteiger partial charge is 0.132 e. The highest BCUT2D eigenvalue weighted by Crippen LogP contribution is 2.22. The molecule has 2 aromatic heterocycles. The van der Waals surface area contributed by atoms with Crippen molar-refractivity contribution in [2.75, 3.05) is 51.2 Å². The molecule has 0 radical (unpaired) electrons. The van der Waals surface area contributed by atoms with E-state index in [1.54, 1.807) is 0 Å². The van der Waals surface area contributed by atoms with Gasteiger partial charge in [-0.2, -0.15) is 0 Å². The van der Waals surface area contributed by atoms with Crippen molar-refractivity contribution in [3.05, 3.63) is 48.2 Å². The molecule has 27 heavy (non-hydrogen) atoms. The minimum Gasteiger partial charge on any atom is -0.354 e. The molecule has 2 aromatic rings. The van der Waals surface area contributed by atoms with Gasteiger partial charge in [0.05, 0.1) is 5.69 Å². The maximum atomic E-state index is 4.42. The summed E-state index contributed by atoms with van der Waals surface area (Å²) in [7, 11) is 2.16. The van der Waals surface area contributed by atoms with Crippen LogP contribution in [0.1, 0.15) is 37.3 Å². The molecule has 6 nitrogen and oxygen atoms in total. The zero-order chi connectivity index (χ0) is 19.1. The summed E-state index contributed by atoms with van der Waals surface area (Å²) in [6.07, 6.45) is 6.40. The van der Waals surface area contributed by atoms with Crippen LogP contribution in [0.4, 0.5) is 5.82 Å². The molecule has 0 amide bonds. The van der Waals surface area contributed by atoms with Gasteiger partial charge in [-0.15, -0.1) is 0 Å². The van der Waals surface area contributed by atoms with Crippen molar-refractivity contribution in [1.82, 2.24) is 24.8 Å². The molecule has 0 aromatic carbocycles. The van der Waals surface area contributed by atoms with E-state index >= 15 is 0 Å². The van der Waals surface area contributed by atoms with Gasteiger partial charge in [-0.1, -0.05) is 6.07 Å². The van der Waals surface area contributed by atoms with Gasteiger partial charge in [0.1, 0.15) is 11.6 Å². The molecule has 146 valence electrons. The highest BCUT2D eigenvalue weighted by Gasteiger charge is 2.19. The van der Waals surface area contributed by atoms with Gasteiger partial charge in [0, 0.05) is 44.6 Å². The van der Waals surface area contributed by atoms with Crippen molar-refractivity contribution >= 4 is 5.82 Å². The second-order valence-corrected chi connectivity index (χ2v) is 7.43. The molecular formula is C21H32N6.